The molecular weight excluding hydrogens is 358 g/mol. The van der Waals surface area contributed by atoms with Gasteiger partial charge < -0.3 is 14.4 Å². The molecule has 4 nitrogen and oxygen atoms in total. The van der Waals surface area contributed by atoms with Gasteiger partial charge in [0.05, 0.1) is 19.8 Å². The number of benzene rings is 2. The van der Waals surface area contributed by atoms with Gasteiger partial charge in [-0.2, -0.15) is 0 Å². The average molecular weight is 375 g/mol. The van der Waals surface area contributed by atoms with E-state index in [9.17, 15) is 4.79 Å². The molecule has 0 aromatic heterocycles. The lowest BCUT2D eigenvalue weighted by molar-refractivity contribution is 0.0733. The van der Waals surface area contributed by atoms with Crippen LogP contribution in [0.1, 0.15) is 21.5 Å². The Morgan fingerprint density at radius 1 is 1.22 bits per heavy atom. The fourth-order valence-electron chi connectivity index (χ4n) is 2.80. The second-order valence-electron chi connectivity index (χ2n) is 5.36. The van der Waals surface area contributed by atoms with Crippen LogP contribution < -0.4 is 9.47 Å². The Morgan fingerprint density at radius 2 is 1.91 bits per heavy atom. The molecule has 0 N–H and O–H groups in total. The largest absolute Gasteiger partial charge is 0.493 e. The summed E-state index contributed by atoms with van der Waals surface area (Å²) in [6, 6.07) is 12.3. The maximum absolute atomic E-state index is 12.7. The van der Waals surface area contributed by atoms with Gasteiger partial charge in [-0.3, -0.25) is 4.79 Å². The molecular formula is C18H17BrNO3. The third-order valence-corrected chi connectivity index (χ3v) is 4.74. The first kappa shape index (κ1) is 15.9. The summed E-state index contributed by atoms with van der Waals surface area (Å²) in [4.78, 5) is 14.6. The molecule has 2 aromatic carbocycles. The van der Waals surface area contributed by atoms with E-state index in [-0.39, 0.29) is 5.91 Å². The monoisotopic (exact) mass is 374 g/mol. The summed E-state index contributed by atoms with van der Waals surface area (Å²) in [5.74, 6) is 1.43. The molecule has 5 heteroatoms. The number of fused-ring (bicyclic) bond motifs is 1. The normalized spacial score (nSPS) is 13.4. The third-order valence-electron chi connectivity index (χ3n) is 4.05. The molecule has 2 aromatic rings. The molecule has 0 unspecified atom stereocenters. The summed E-state index contributed by atoms with van der Waals surface area (Å²) < 4.78 is 11.5. The van der Waals surface area contributed by atoms with Crippen LogP contribution in [0.4, 0.5) is 0 Å². The SMILES string of the molecule is COc1cc2c(cc1OC)CN(C(=O)c1c[c]ccc1Br)CC2. The van der Waals surface area contributed by atoms with Crippen LogP contribution in [0.25, 0.3) is 0 Å². The second-order valence-corrected chi connectivity index (χ2v) is 6.21. The van der Waals surface area contributed by atoms with Gasteiger partial charge in [0.25, 0.3) is 5.91 Å². The summed E-state index contributed by atoms with van der Waals surface area (Å²) in [7, 11) is 3.25. The summed E-state index contributed by atoms with van der Waals surface area (Å²) >= 11 is 3.43. The smallest absolute Gasteiger partial charge is 0.255 e. The van der Waals surface area contributed by atoms with Crippen LogP contribution in [-0.2, 0) is 13.0 Å². The average Bonchev–Trinajstić information content (AvgIpc) is 2.59. The number of ether oxygens (including phenoxy) is 2. The topological polar surface area (TPSA) is 38.8 Å². The molecule has 119 valence electrons. The van der Waals surface area contributed by atoms with Gasteiger partial charge in [-0.05, 0) is 63.8 Å². The van der Waals surface area contributed by atoms with E-state index in [0.717, 1.165) is 22.2 Å². The molecule has 3 rings (SSSR count). The van der Waals surface area contributed by atoms with Crippen molar-refractivity contribution in [3.63, 3.8) is 0 Å². The van der Waals surface area contributed by atoms with Crippen LogP contribution in [0.2, 0.25) is 0 Å². The molecule has 0 atom stereocenters. The number of carbonyl (C=O) groups excluding carboxylic acids is 1. The highest BCUT2D eigenvalue weighted by molar-refractivity contribution is 9.10. The van der Waals surface area contributed by atoms with E-state index in [1.165, 1.54) is 5.56 Å². The van der Waals surface area contributed by atoms with Crippen LogP contribution in [0.15, 0.2) is 34.8 Å². The van der Waals surface area contributed by atoms with Gasteiger partial charge in [0.2, 0.25) is 0 Å². The van der Waals surface area contributed by atoms with Crippen molar-refractivity contribution in [2.45, 2.75) is 13.0 Å². The number of rotatable bonds is 3. The van der Waals surface area contributed by atoms with Crippen molar-refractivity contribution in [2.75, 3.05) is 20.8 Å². The molecule has 23 heavy (non-hydrogen) atoms. The summed E-state index contributed by atoms with van der Waals surface area (Å²) in [5, 5.41) is 0. The van der Waals surface area contributed by atoms with Crippen molar-refractivity contribution >= 4 is 21.8 Å². The number of halogens is 1. The van der Waals surface area contributed by atoms with Crippen LogP contribution in [0, 0.1) is 6.07 Å². The lowest BCUT2D eigenvalue weighted by Gasteiger charge is -2.30. The maximum Gasteiger partial charge on any atom is 0.255 e. The number of methoxy groups -OCH3 is 2. The quantitative estimate of drug-likeness (QED) is 0.825. The van der Waals surface area contributed by atoms with E-state index in [2.05, 4.69) is 22.0 Å². The number of hydrogen-bond donors (Lipinski definition) is 0. The molecule has 0 spiro atoms. The number of nitrogens with zero attached hydrogens (tertiary/aromatic N) is 1. The van der Waals surface area contributed by atoms with Gasteiger partial charge in [-0.1, -0.05) is 6.07 Å². The van der Waals surface area contributed by atoms with E-state index in [0.29, 0.717) is 24.4 Å². The minimum atomic E-state index is 0.00848. The Labute approximate surface area is 144 Å². The Bertz CT molecular complexity index is 745. The van der Waals surface area contributed by atoms with Crippen molar-refractivity contribution in [3.8, 4) is 11.5 Å². The molecule has 1 radical (unpaired) electrons. The lowest BCUT2D eigenvalue weighted by atomic mass is 9.98. The van der Waals surface area contributed by atoms with E-state index >= 15 is 0 Å². The number of hydrogen-bond acceptors (Lipinski definition) is 3. The highest BCUT2D eigenvalue weighted by atomic mass is 79.9. The van der Waals surface area contributed by atoms with E-state index in [1.807, 2.05) is 23.1 Å². The zero-order chi connectivity index (χ0) is 16.4. The van der Waals surface area contributed by atoms with E-state index in [4.69, 9.17) is 9.47 Å². The molecule has 0 saturated heterocycles. The van der Waals surface area contributed by atoms with Crippen molar-refractivity contribution in [3.05, 3.63) is 57.6 Å². The minimum absolute atomic E-state index is 0.00848. The molecule has 0 fully saturated rings. The van der Waals surface area contributed by atoms with Gasteiger partial charge in [0.1, 0.15) is 0 Å². The molecule has 0 bridgehead atoms. The minimum Gasteiger partial charge on any atom is -0.493 e. The number of amides is 1. The van der Waals surface area contributed by atoms with Gasteiger partial charge >= 0.3 is 0 Å². The standard InChI is InChI=1S/C18H17BrNO3/c1-22-16-9-12-7-8-20(11-13(12)10-17(16)23-2)18(21)14-5-3-4-6-15(14)19/h4-6,9-10H,7-8,11H2,1-2H3. The molecule has 1 amide bonds. The molecule has 1 heterocycles. The van der Waals surface area contributed by atoms with Crippen LogP contribution >= 0.6 is 15.9 Å². The van der Waals surface area contributed by atoms with Crippen molar-refractivity contribution in [2.24, 2.45) is 0 Å². The first-order valence-electron chi connectivity index (χ1n) is 7.32. The summed E-state index contributed by atoms with van der Waals surface area (Å²) in [6.45, 7) is 1.25. The zero-order valence-corrected chi connectivity index (χ0v) is 14.6. The van der Waals surface area contributed by atoms with Crippen molar-refractivity contribution < 1.29 is 14.3 Å². The highest BCUT2D eigenvalue weighted by Crippen LogP contribution is 2.33. The maximum atomic E-state index is 12.7. The van der Waals surface area contributed by atoms with E-state index in [1.54, 1.807) is 26.4 Å². The highest BCUT2D eigenvalue weighted by Gasteiger charge is 2.24. The van der Waals surface area contributed by atoms with Crippen molar-refractivity contribution in [1.82, 2.24) is 4.90 Å². The van der Waals surface area contributed by atoms with Crippen molar-refractivity contribution in [1.29, 1.82) is 0 Å². The fraction of sp³-hybridized carbons (Fsp3) is 0.278. The predicted molar refractivity (Wildman–Crippen MR) is 91.0 cm³/mol. The first-order valence-corrected chi connectivity index (χ1v) is 8.12. The Morgan fingerprint density at radius 3 is 2.57 bits per heavy atom. The second kappa shape index (κ2) is 6.62. The predicted octanol–water partition coefficient (Wildman–Crippen LogP) is 3.46. The third kappa shape index (κ3) is 3.06. The van der Waals surface area contributed by atoms with Gasteiger partial charge in [0, 0.05) is 17.6 Å². The molecule has 1 aliphatic rings. The summed E-state index contributed by atoms with van der Waals surface area (Å²) in [6.07, 6.45) is 0.801. The van der Waals surface area contributed by atoms with Crippen LogP contribution in [0.5, 0.6) is 11.5 Å². The van der Waals surface area contributed by atoms with E-state index < -0.39 is 0 Å². The zero-order valence-electron chi connectivity index (χ0n) is 13.1. The Hall–Kier alpha value is -2.01. The van der Waals surface area contributed by atoms with Gasteiger partial charge in [-0.15, -0.1) is 0 Å². The molecule has 0 saturated carbocycles. The lowest BCUT2D eigenvalue weighted by Crippen LogP contribution is -2.36. The molecule has 0 aliphatic carbocycles. The van der Waals surface area contributed by atoms with Crippen LogP contribution in [0.3, 0.4) is 0 Å². The number of carbonyl (C=O) groups is 1. The Balaban J connectivity index is 1.88. The summed E-state index contributed by atoms with van der Waals surface area (Å²) in [5.41, 5.74) is 2.93. The molecule has 1 aliphatic heterocycles. The fourth-order valence-corrected chi connectivity index (χ4v) is 3.22. The van der Waals surface area contributed by atoms with Gasteiger partial charge in [0.15, 0.2) is 11.5 Å². The first-order chi connectivity index (χ1) is 11.1. The van der Waals surface area contributed by atoms with Gasteiger partial charge in [-0.25, -0.2) is 0 Å². The Kier molecular flexibility index (Phi) is 4.57. The van der Waals surface area contributed by atoms with Crippen LogP contribution in [-0.4, -0.2) is 31.6 Å².